The molecule has 0 aromatic heterocycles. The third-order valence-corrected chi connectivity index (χ3v) is 3.97. The highest BCUT2D eigenvalue weighted by Gasteiger charge is 2.08. The number of ether oxygens (including phenoxy) is 2. The van der Waals surface area contributed by atoms with Gasteiger partial charge >= 0.3 is 5.97 Å². The molecule has 0 aliphatic rings. The van der Waals surface area contributed by atoms with Crippen molar-refractivity contribution in [2.24, 2.45) is 0 Å². The molecule has 4 nitrogen and oxygen atoms in total. The van der Waals surface area contributed by atoms with E-state index in [4.69, 9.17) is 14.6 Å². The van der Waals surface area contributed by atoms with Crippen molar-refractivity contribution < 1.29 is 23.8 Å². The molecular weight excluding hydrogens is 347 g/mol. The molecule has 0 unspecified atom stereocenters. The van der Waals surface area contributed by atoms with Crippen molar-refractivity contribution >= 4 is 5.97 Å². The Kier molecular flexibility index (Phi) is 6.05. The highest BCUT2D eigenvalue weighted by atomic mass is 19.1. The van der Waals surface area contributed by atoms with Gasteiger partial charge in [0.15, 0.2) is 11.6 Å². The number of carboxylic acid groups (broad SMARTS) is 1. The monoisotopic (exact) mass is 366 g/mol. The lowest BCUT2D eigenvalue weighted by Gasteiger charge is -2.13. The summed E-state index contributed by atoms with van der Waals surface area (Å²) in [5.74, 6) is 0.107. The van der Waals surface area contributed by atoms with Gasteiger partial charge in [0.1, 0.15) is 18.1 Å². The number of para-hydroxylation sites is 2. The number of hydrogen-bond acceptors (Lipinski definition) is 3. The minimum atomic E-state index is -0.818. The fraction of sp³-hybridized carbons (Fsp3) is 0.136. The van der Waals surface area contributed by atoms with Gasteiger partial charge in [0.2, 0.25) is 0 Å². The van der Waals surface area contributed by atoms with Crippen molar-refractivity contribution in [3.63, 3.8) is 0 Å². The Balaban J connectivity index is 1.64. The molecule has 0 spiro atoms. The van der Waals surface area contributed by atoms with E-state index in [1.807, 2.05) is 30.3 Å². The second-order valence-electron chi connectivity index (χ2n) is 5.97. The fourth-order valence-corrected chi connectivity index (χ4v) is 2.53. The molecule has 27 heavy (non-hydrogen) atoms. The first-order valence-corrected chi connectivity index (χ1v) is 8.55. The molecule has 0 heterocycles. The molecule has 3 rings (SSSR count). The van der Waals surface area contributed by atoms with Crippen LogP contribution in [0.2, 0.25) is 0 Å². The highest BCUT2D eigenvalue weighted by molar-refractivity contribution is 5.67. The van der Waals surface area contributed by atoms with Crippen molar-refractivity contribution in [1.29, 1.82) is 0 Å². The summed E-state index contributed by atoms with van der Waals surface area (Å²) in [7, 11) is 0. The minimum absolute atomic E-state index is 0.0982. The third-order valence-electron chi connectivity index (χ3n) is 3.97. The molecule has 0 atom stereocenters. The average Bonchev–Trinajstić information content (AvgIpc) is 2.68. The molecule has 0 saturated heterocycles. The van der Waals surface area contributed by atoms with Crippen LogP contribution in [-0.4, -0.2) is 11.1 Å². The van der Waals surface area contributed by atoms with Crippen LogP contribution in [0.4, 0.5) is 4.39 Å². The molecule has 0 aliphatic carbocycles. The van der Waals surface area contributed by atoms with Crippen LogP contribution in [-0.2, 0) is 17.8 Å². The van der Waals surface area contributed by atoms with Gasteiger partial charge in [-0.15, -0.1) is 0 Å². The zero-order valence-corrected chi connectivity index (χ0v) is 14.6. The lowest BCUT2D eigenvalue weighted by atomic mass is 10.1. The van der Waals surface area contributed by atoms with E-state index in [1.165, 1.54) is 6.07 Å². The van der Waals surface area contributed by atoms with Gasteiger partial charge in [-0.1, -0.05) is 42.5 Å². The molecular formula is C22H19FO4. The Labute approximate surface area is 156 Å². The van der Waals surface area contributed by atoms with Crippen LogP contribution < -0.4 is 9.47 Å². The van der Waals surface area contributed by atoms with Crippen LogP contribution in [0.3, 0.4) is 0 Å². The summed E-state index contributed by atoms with van der Waals surface area (Å²) >= 11 is 0. The van der Waals surface area contributed by atoms with Gasteiger partial charge in [-0.3, -0.25) is 4.79 Å². The molecule has 3 aromatic carbocycles. The van der Waals surface area contributed by atoms with Gasteiger partial charge in [-0.2, -0.15) is 0 Å². The predicted octanol–water partition coefficient (Wildman–Crippen LogP) is 5.21. The van der Waals surface area contributed by atoms with Crippen molar-refractivity contribution in [3.05, 3.63) is 89.7 Å². The maximum absolute atomic E-state index is 13.8. The molecule has 5 heteroatoms. The van der Waals surface area contributed by atoms with Gasteiger partial charge < -0.3 is 14.6 Å². The van der Waals surface area contributed by atoms with E-state index in [0.29, 0.717) is 17.9 Å². The van der Waals surface area contributed by atoms with E-state index >= 15 is 0 Å². The Morgan fingerprint density at radius 3 is 2.26 bits per heavy atom. The largest absolute Gasteiger partial charge is 0.489 e. The molecule has 0 amide bonds. The number of benzene rings is 3. The maximum Gasteiger partial charge on any atom is 0.303 e. The van der Waals surface area contributed by atoms with E-state index in [1.54, 1.807) is 36.4 Å². The Hall–Kier alpha value is -3.34. The van der Waals surface area contributed by atoms with E-state index in [0.717, 1.165) is 11.1 Å². The van der Waals surface area contributed by atoms with Crippen LogP contribution in [0.15, 0.2) is 72.8 Å². The lowest BCUT2D eigenvalue weighted by Crippen LogP contribution is -2.00. The van der Waals surface area contributed by atoms with Crippen LogP contribution in [0.25, 0.3) is 0 Å². The second-order valence-corrected chi connectivity index (χ2v) is 5.97. The predicted molar refractivity (Wildman–Crippen MR) is 99.6 cm³/mol. The third kappa shape index (κ3) is 5.31. The smallest absolute Gasteiger partial charge is 0.303 e. The Bertz CT molecular complexity index is 906. The van der Waals surface area contributed by atoms with Gasteiger partial charge in [-0.25, -0.2) is 4.39 Å². The summed E-state index contributed by atoms with van der Waals surface area (Å²) in [6.45, 7) is 0.263. The summed E-state index contributed by atoms with van der Waals surface area (Å²) in [6.07, 6.45) is 0.579. The summed E-state index contributed by atoms with van der Waals surface area (Å²) in [6, 6.07) is 20.8. The van der Waals surface area contributed by atoms with E-state index < -0.39 is 11.8 Å². The van der Waals surface area contributed by atoms with Crippen molar-refractivity contribution in [3.8, 4) is 17.2 Å². The van der Waals surface area contributed by atoms with Gasteiger partial charge in [0, 0.05) is 12.0 Å². The highest BCUT2D eigenvalue weighted by Crippen LogP contribution is 2.28. The number of aryl methyl sites for hydroxylation is 1. The molecule has 138 valence electrons. The Morgan fingerprint density at radius 2 is 1.56 bits per heavy atom. The molecule has 0 fully saturated rings. The fourth-order valence-electron chi connectivity index (χ4n) is 2.53. The van der Waals surface area contributed by atoms with Crippen LogP contribution in [0, 0.1) is 5.82 Å². The van der Waals surface area contributed by atoms with E-state index in [9.17, 15) is 9.18 Å². The summed E-state index contributed by atoms with van der Waals surface area (Å²) in [5.41, 5.74) is 1.73. The van der Waals surface area contributed by atoms with Crippen molar-refractivity contribution in [2.75, 3.05) is 0 Å². The quantitative estimate of drug-likeness (QED) is 0.594. The standard InChI is InChI=1S/C22H19FO4/c23-19-6-2-4-8-21(19)27-20-7-3-1-5-17(20)15-26-18-12-9-16(10-13-18)11-14-22(24)25/h1-10,12-13H,11,14-15H2,(H,24,25). The van der Waals surface area contributed by atoms with E-state index in [2.05, 4.69) is 0 Å². The number of aliphatic carboxylic acids is 1. The number of rotatable bonds is 8. The van der Waals surface area contributed by atoms with Crippen molar-refractivity contribution in [2.45, 2.75) is 19.4 Å². The molecule has 0 bridgehead atoms. The number of carbonyl (C=O) groups is 1. The SMILES string of the molecule is O=C(O)CCc1ccc(OCc2ccccc2Oc2ccccc2F)cc1. The second kappa shape index (κ2) is 8.85. The number of halogens is 1. The zero-order chi connectivity index (χ0) is 19.1. The minimum Gasteiger partial charge on any atom is -0.489 e. The summed E-state index contributed by atoms with van der Waals surface area (Å²) in [5, 5.41) is 8.73. The lowest BCUT2D eigenvalue weighted by molar-refractivity contribution is -0.136. The van der Waals surface area contributed by atoms with Crippen LogP contribution >= 0.6 is 0 Å². The first kappa shape index (κ1) is 18.5. The summed E-state index contributed by atoms with van der Waals surface area (Å²) in [4.78, 5) is 10.6. The van der Waals surface area contributed by atoms with Gasteiger partial charge in [0.05, 0.1) is 0 Å². The average molecular weight is 366 g/mol. The Morgan fingerprint density at radius 1 is 0.889 bits per heavy atom. The molecule has 1 N–H and O–H groups in total. The number of carboxylic acids is 1. The molecule has 0 aliphatic heterocycles. The van der Waals surface area contributed by atoms with E-state index in [-0.39, 0.29) is 18.8 Å². The molecule has 0 saturated carbocycles. The maximum atomic E-state index is 13.8. The van der Waals surface area contributed by atoms with Gasteiger partial charge in [-0.05, 0) is 42.3 Å². The summed E-state index contributed by atoms with van der Waals surface area (Å²) < 4.78 is 25.3. The normalized spacial score (nSPS) is 10.4. The molecule has 0 radical (unpaired) electrons. The van der Waals surface area contributed by atoms with Gasteiger partial charge in [0.25, 0.3) is 0 Å². The first-order valence-electron chi connectivity index (χ1n) is 8.55. The van der Waals surface area contributed by atoms with Crippen LogP contribution in [0.1, 0.15) is 17.5 Å². The zero-order valence-electron chi connectivity index (χ0n) is 14.6. The van der Waals surface area contributed by atoms with Crippen LogP contribution in [0.5, 0.6) is 17.2 Å². The van der Waals surface area contributed by atoms with Crippen molar-refractivity contribution in [1.82, 2.24) is 0 Å². The molecule has 3 aromatic rings. The first-order chi connectivity index (χ1) is 13.1. The number of hydrogen-bond donors (Lipinski definition) is 1. The topological polar surface area (TPSA) is 55.8 Å².